The fourth-order valence-corrected chi connectivity index (χ4v) is 2.20. The Morgan fingerprint density at radius 3 is 3.00 bits per heavy atom. The summed E-state index contributed by atoms with van der Waals surface area (Å²) in [6, 6.07) is 8.75. The lowest BCUT2D eigenvalue weighted by atomic mass is 10.1. The van der Waals surface area contributed by atoms with E-state index in [1.54, 1.807) is 0 Å². The van der Waals surface area contributed by atoms with Crippen LogP contribution in [0.4, 0.5) is 0 Å². The van der Waals surface area contributed by atoms with Crippen molar-refractivity contribution in [3.8, 4) is 5.75 Å². The molecule has 1 saturated carbocycles. The molecule has 1 atom stereocenters. The third-order valence-corrected chi connectivity index (χ3v) is 3.34. The van der Waals surface area contributed by atoms with E-state index in [0.717, 1.165) is 24.8 Å². The highest BCUT2D eigenvalue weighted by molar-refractivity contribution is 5.39. The van der Waals surface area contributed by atoms with Gasteiger partial charge in [0.15, 0.2) is 0 Å². The molecule has 1 aromatic carbocycles. The zero-order valence-corrected chi connectivity index (χ0v) is 8.91. The Balaban J connectivity index is 1.58. The molecule has 2 heteroatoms. The van der Waals surface area contributed by atoms with Crippen LogP contribution in [0, 0.1) is 5.92 Å². The Morgan fingerprint density at radius 2 is 2.13 bits per heavy atom. The van der Waals surface area contributed by atoms with Crippen LogP contribution in [-0.2, 0) is 0 Å². The fourth-order valence-electron chi connectivity index (χ4n) is 2.20. The largest absolute Gasteiger partial charge is 0.491 e. The summed E-state index contributed by atoms with van der Waals surface area (Å²) >= 11 is 0. The highest BCUT2D eigenvalue weighted by Gasteiger charge is 2.24. The van der Waals surface area contributed by atoms with Crippen LogP contribution in [0.3, 0.4) is 0 Å². The third kappa shape index (κ3) is 2.00. The molecule has 2 nitrogen and oxygen atoms in total. The lowest BCUT2D eigenvalue weighted by Crippen LogP contribution is -2.23. The molecule has 0 radical (unpaired) electrons. The number of rotatable bonds is 4. The number of para-hydroxylation sites is 1. The summed E-state index contributed by atoms with van der Waals surface area (Å²) < 4.78 is 5.62. The van der Waals surface area contributed by atoms with Crippen LogP contribution in [0.5, 0.6) is 5.75 Å². The highest BCUT2D eigenvalue weighted by atomic mass is 16.5. The number of benzene rings is 1. The second-order valence-corrected chi connectivity index (χ2v) is 4.59. The average molecular weight is 203 g/mol. The number of hydrogen-bond donors (Lipinski definition) is 1. The number of nitrogens with one attached hydrogen (secondary N) is 1. The van der Waals surface area contributed by atoms with Crippen molar-refractivity contribution >= 4 is 0 Å². The van der Waals surface area contributed by atoms with Gasteiger partial charge in [-0.3, -0.25) is 0 Å². The van der Waals surface area contributed by atoms with Gasteiger partial charge in [0.1, 0.15) is 12.4 Å². The fraction of sp³-hybridized carbons (Fsp3) is 0.538. The van der Waals surface area contributed by atoms with Crippen LogP contribution in [0.2, 0.25) is 0 Å². The van der Waals surface area contributed by atoms with Crippen LogP contribution in [-0.4, -0.2) is 13.2 Å². The first-order valence-electron chi connectivity index (χ1n) is 5.88. The molecule has 15 heavy (non-hydrogen) atoms. The maximum absolute atomic E-state index is 5.62. The van der Waals surface area contributed by atoms with Crippen LogP contribution < -0.4 is 10.1 Å². The van der Waals surface area contributed by atoms with Crippen molar-refractivity contribution in [2.24, 2.45) is 5.92 Å². The number of fused-ring (bicyclic) bond motifs is 1. The monoisotopic (exact) mass is 203 g/mol. The molecule has 1 heterocycles. The van der Waals surface area contributed by atoms with Gasteiger partial charge in [-0.15, -0.1) is 0 Å². The maximum atomic E-state index is 5.62. The van der Waals surface area contributed by atoms with Crippen molar-refractivity contribution < 1.29 is 4.74 Å². The molecule has 1 aromatic rings. The Bertz CT molecular complexity index is 346. The molecular weight excluding hydrogens is 186 g/mol. The Kier molecular flexibility index (Phi) is 2.37. The molecule has 1 aliphatic carbocycles. The van der Waals surface area contributed by atoms with Crippen molar-refractivity contribution in [1.82, 2.24) is 5.32 Å². The predicted molar refractivity (Wildman–Crippen MR) is 60.0 cm³/mol. The summed E-state index contributed by atoms with van der Waals surface area (Å²) in [5.74, 6) is 2.07. The van der Waals surface area contributed by atoms with Crippen molar-refractivity contribution in [3.05, 3.63) is 29.8 Å². The Hall–Kier alpha value is -1.02. The molecule has 0 bridgehead atoms. The number of hydrogen-bond acceptors (Lipinski definition) is 2. The molecule has 0 amide bonds. The molecule has 1 aliphatic heterocycles. The van der Waals surface area contributed by atoms with Gasteiger partial charge in [0, 0.05) is 5.56 Å². The Morgan fingerprint density at radius 1 is 1.27 bits per heavy atom. The molecule has 1 N–H and O–H groups in total. The van der Waals surface area contributed by atoms with Crippen LogP contribution >= 0.6 is 0 Å². The minimum Gasteiger partial charge on any atom is -0.491 e. The summed E-state index contributed by atoms with van der Waals surface area (Å²) in [7, 11) is 0. The van der Waals surface area contributed by atoms with Gasteiger partial charge < -0.3 is 10.1 Å². The molecule has 0 spiro atoms. The molecule has 0 saturated heterocycles. The summed E-state index contributed by atoms with van der Waals surface area (Å²) in [6.07, 6.45) is 4.22. The zero-order valence-electron chi connectivity index (χ0n) is 8.91. The molecule has 0 aromatic heterocycles. The van der Waals surface area contributed by atoms with Crippen LogP contribution in [0.25, 0.3) is 0 Å². The lowest BCUT2D eigenvalue weighted by molar-refractivity contribution is 0.310. The quantitative estimate of drug-likeness (QED) is 0.811. The summed E-state index contributed by atoms with van der Waals surface area (Å²) in [6.45, 7) is 1.93. The normalized spacial score (nSPS) is 23.6. The van der Waals surface area contributed by atoms with E-state index in [0.29, 0.717) is 6.04 Å². The van der Waals surface area contributed by atoms with Gasteiger partial charge in [-0.05, 0) is 24.9 Å². The van der Waals surface area contributed by atoms with Crippen molar-refractivity contribution in [2.75, 3.05) is 13.2 Å². The molecule has 2 aliphatic rings. The average Bonchev–Trinajstić information content (AvgIpc) is 3.00. The van der Waals surface area contributed by atoms with E-state index in [9.17, 15) is 0 Å². The summed E-state index contributed by atoms with van der Waals surface area (Å²) in [5, 5.41) is 3.58. The van der Waals surface area contributed by atoms with E-state index in [1.165, 1.54) is 24.8 Å². The van der Waals surface area contributed by atoms with Crippen molar-refractivity contribution in [3.63, 3.8) is 0 Å². The van der Waals surface area contributed by atoms with Crippen molar-refractivity contribution in [1.29, 1.82) is 0 Å². The first kappa shape index (κ1) is 9.22. The predicted octanol–water partition coefficient (Wildman–Crippen LogP) is 2.51. The van der Waals surface area contributed by atoms with Gasteiger partial charge in [-0.25, -0.2) is 0 Å². The minimum absolute atomic E-state index is 0.417. The molecule has 80 valence electrons. The van der Waals surface area contributed by atoms with Gasteiger partial charge in [-0.2, -0.15) is 0 Å². The standard InChI is InChI=1S/C13H17NO/c1-2-4-13-11(3-1)12(9-15-13)14-8-7-10-5-6-10/h1-4,10,12,14H,5-9H2. The second-order valence-electron chi connectivity index (χ2n) is 4.59. The summed E-state index contributed by atoms with van der Waals surface area (Å²) in [5.41, 5.74) is 1.33. The number of ether oxygens (including phenoxy) is 1. The first-order valence-corrected chi connectivity index (χ1v) is 5.88. The van der Waals surface area contributed by atoms with Gasteiger partial charge in [-0.1, -0.05) is 31.0 Å². The van der Waals surface area contributed by atoms with E-state index in [4.69, 9.17) is 4.74 Å². The van der Waals surface area contributed by atoms with Gasteiger partial charge >= 0.3 is 0 Å². The zero-order chi connectivity index (χ0) is 10.1. The highest BCUT2D eigenvalue weighted by Crippen LogP contribution is 2.34. The second kappa shape index (κ2) is 3.86. The molecule has 3 rings (SSSR count). The van der Waals surface area contributed by atoms with E-state index in [2.05, 4.69) is 23.5 Å². The van der Waals surface area contributed by atoms with E-state index in [-0.39, 0.29) is 0 Å². The SMILES string of the molecule is c1ccc2c(c1)OCC2NCCC1CC1. The third-order valence-electron chi connectivity index (χ3n) is 3.34. The molecule has 1 unspecified atom stereocenters. The summed E-state index contributed by atoms with van der Waals surface area (Å²) in [4.78, 5) is 0. The van der Waals surface area contributed by atoms with Gasteiger partial charge in [0.05, 0.1) is 6.04 Å². The first-order chi connectivity index (χ1) is 7.43. The minimum atomic E-state index is 0.417. The topological polar surface area (TPSA) is 21.3 Å². The Labute approximate surface area is 90.6 Å². The van der Waals surface area contributed by atoms with E-state index >= 15 is 0 Å². The lowest BCUT2D eigenvalue weighted by Gasteiger charge is -2.10. The maximum Gasteiger partial charge on any atom is 0.124 e. The van der Waals surface area contributed by atoms with Gasteiger partial charge in [0.25, 0.3) is 0 Å². The van der Waals surface area contributed by atoms with Gasteiger partial charge in [0.2, 0.25) is 0 Å². The van der Waals surface area contributed by atoms with Crippen LogP contribution in [0.1, 0.15) is 30.9 Å². The smallest absolute Gasteiger partial charge is 0.124 e. The molecular formula is C13H17NO. The van der Waals surface area contributed by atoms with E-state index in [1.807, 2.05) is 6.07 Å². The van der Waals surface area contributed by atoms with Crippen LogP contribution in [0.15, 0.2) is 24.3 Å². The van der Waals surface area contributed by atoms with E-state index < -0.39 is 0 Å². The van der Waals surface area contributed by atoms with Crippen molar-refractivity contribution in [2.45, 2.75) is 25.3 Å². The molecule has 1 fully saturated rings.